The van der Waals surface area contributed by atoms with E-state index in [0.29, 0.717) is 11.1 Å². The van der Waals surface area contributed by atoms with Gasteiger partial charge in [-0.2, -0.15) is 13.2 Å². The predicted molar refractivity (Wildman–Crippen MR) is 124 cm³/mol. The molecule has 0 unspecified atom stereocenters. The molecule has 1 aromatic heterocycles. The van der Waals surface area contributed by atoms with E-state index in [2.05, 4.69) is 43.5 Å². The number of hydrogen-bond donors (Lipinski definition) is 0. The summed E-state index contributed by atoms with van der Waals surface area (Å²) in [6, 6.07) is 14.1. The summed E-state index contributed by atoms with van der Waals surface area (Å²) in [7, 11) is -3.85. The molecule has 0 atom stereocenters. The van der Waals surface area contributed by atoms with Crippen molar-refractivity contribution in [2.24, 2.45) is 0 Å². The van der Waals surface area contributed by atoms with Crippen LogP contribution >= 0.6 is 0 Å². The van der Waals surface area contributed by atoms with Gasteiger partial charge in [-0.3, -0.25) is 9.36 Å². The molecule has 0 saturated carbocycles. The maximum absolute atomic E-state index is 13.5. The summed E-state index contributed by atoms with van der Waals surface area (Å²) in [5, 5.41) is 0.663. The van der Waals surface area contributed by atoms with Crippen molar-refractivity contribution < 1.29 is 13.2 Å². The van der Waals surface area contributed by atoms with E-state index in [1.807, 2.05) is 6.07 Å². The number of rotatable bonds is 4. The van der Waals surface area contributed by atoms with Crippen LogP contribution in [0.4, 0.5) is 18.9 Å². The maximum Gasteiger partial charge on any atom is 0.416 e. The molecule has 2 aromatic carbocycles. The van der Waals surface area contributed by atoms with Crippen LogP contribution in [0.5, 0.6) is 0 Å². The number of para-hydroxylation sites is 1. The molecule has 0 aliphatic rings. The lowest BCUT2D eigenvalue weighted by Crippen LogP contribution is -2.60. The highest BCUT2D eigenvalue weighted by atomic mass is 28.4. The second-order valence-corrected chi connectivity index (χ2v) is 19.5. The summed E-state index contributed by atoms with van der Waals surface area (Å²) in [4.78, 5) is 13.3. The first-order valence-electron chi connectivity index (χ1n) is 9.84. The molecule has 0 N–H and O–H groups in total. The molecule has 0 bridgehead atoms. The Morgan fingerprint density at radius 2 is 1.40 bits per heavy atom. The Kier molecular flexibility index (Phi) is 5.53. The Morgan fingerprint density at radius 1 is 0.833 bits per heavy atom. The van der Waals surface area contributed by atoms with Gasteiger partial charge in [0, 0.05) is 22.8 Å². The summed E-state index contributed by atoms with van der Waals surface area (Å²) in [5.74, 6) is 0. The highest BCUT2D eigenvalue weighted by Gasteiger charge is 2.37. The minimum absolute atomic E-state index is 0.278. The largest absolute Gasteiger partial charge is 0.424 e. The van der Waals surface area contributed by atoms with E-state index >= 15 is 0 Å². The topological polar surface area (TPSA) is 25.2 Å². The second-order valence-electron chi connectivity index (χ2n) is 9.45. The minimum atomic E-state index is -4.49. The van der Waals surface area contributed by atoms with Crippen LogP contribution in [-0.2, 0) is 6.18 Å². The molecule has 0 saturated heterocycles. The van der Waals surface area contributed by atoms with Gasteiger partial charge in [0.05, 0.1) is 11.1 Å². The van der Waals surface area contributed by atoms with Crippen LogP contribution in [0, 0.1) is 0 Å². The molecule has 0 amide bonds. The third kappa shape index (κ3) is 4.25. The van der Waals surface area contributed by atoms with Gasteiger partial charge in [0.1, 0.15) is 16.5 Å². The number of aromatic nitrogens is 1. The Bertz CT molecular complexity index is 1110. The van der Waals surface area contributed by atoms with E-state index in [1.165, 1.54) is 10.6 Å². The number of anilines is 1. The highest BCUT2D eigenvalue weighted by Crippen LogP contribution is 2.37. The van der Waals surface area contributed by atoms with Gasteiger partial charge in [-0.1, -0.05) is 63.5 Å². The van der Waals surface area contributed by atoms with Crippen molar-refractivity contribution in [3.05, 3.63) is 70.5 Å². The van der Waals surface area contributed by atoms with Crippen LogP contribution < -0.4 is 9.79 Å². The zero-order valence-corrected chi connectivity index (χ0v) is 20.1. The van der Waals surface area contributed by atoms with E-state index < -0.39 is 28.2 Å². The SMILES string of the molecule is C[Si](C)(C)N(c1cc(=O)n(-c2ccccc2)c2cc(C(F)(F)F)ccc12)[Si](C)(C)C. The number of benzene rings is 2. The average Bonchev–Trinajstić information content (AvgIpc) is 2.59. The maximum atomic E-state index is 13.5. The lowest BCUT2D eigenvalue weighted by molar-refractivity contribution is -0.137. The Morgan fingerprint density at radius 3 is 1.90 bits per heavy atom. The molecule has 0 spiro atoms. The minimum Gasteiger partial charge on any atom is -0.424 e. The van der Waals surface area contributed by atoms with Crippen molar-refractivity contribution in [1.82, 2.24) is 4.57 Å². The average molecular weight is 449 g/mol. The van der Waals surface area contributed by atoms with E-state index in [-0.39, 0.29) is 11.1 Å². The molecule has 0 fully saturated rings. The third-order valence-corrected chi connectivity index (χ3v) is 12.1. The number of pyridine rings is 1. The van der Waals surface area contributed by atoms with Gasteiger partial charge in [0.2, 0.25) is 0 Å². The van der Waals surface area contributed by atoms with Crippen LogP contribution in [0.3, 0.4) is 0 Å². The number of fused-ring (bicyclic) bond motifs is 1. The van der Waals surface area contributed by atoms with Gasteiger partial charge >= 0.3 is 6.18 Å². The molecular formula is C22H27F3N2OSi2. The molecule has 1 heterocycles. The fraction of sp³-hybridized carbons (Fsp3) is 0.318. The van der Waals surface area contributed by atoms with Crippen LogP contribution in [-0.4, -0.2) is 21.0 Å². The second kappa shape index (κ2) is 7.42. The van der Waals surface area contributed by atoms with Crippen molar-refractivity contribution in [3.63, 3.8) is 0 Å². The first-order chi connectivity index (χ1) is 13.7. The molecule has 3 aromatic rings. The smallest absolute Gasteiger partial charge is 0.416 e. The summed E-state index contributed by atoms with van der Waals surface area (Å²) in [6.07, 6.45) is -4.49. The third-order valence-electron chi connectivity index (χ3n) is 4.92. The molecular weight excluding hydrogens is 421 g/mol. The fourth-order valence-electron chi connectivity index (χ4n) is 4.24. The van der Waals surface area contributed by atoms with E-state index in [0.717, 1.165) is 17.8 Å². The fourth-order valence-corrected chi connectivity index (χ4v) is 14.1. The van der Waals surface area contributed by atoms with Crippen molar-refractivity contribution in [2.75, 3.05) is 4.23 Å². The predicted octanol–water partition coefficient (Wildman–Crippen LogP) is 6.49. The van der Waals surface area contributed by atoms with Crippen molar-refractivity contribution in [2.45, 2.75) is 45.5 Å². The zero-order chi connectivity index (χ0) is 22.5. The monoisotopic (exact) mass is 448 g/mol. The Labute approximate surface area is 176 Å². The summed E-state index contributed by atoms with van der Waals surface area (Å²) in [6.45, 7) is 13.2. The van der Waals surface area contributed by atoms with Gasteiger partial charge in [-0.05, 0) is 24.3 Å². The molecule has 3 rings (SSSR count). The first kappa shape index (κ1) is 22.4. The molecule has 30 heavy (non-hydrogen) atoms. The molecule has 3 nitrogen and oxygen atoms in total. The van der Waals surface area contributed by atoms with E-state index in [9.17, 15) is 18.0 Å². The zero-order valence-electron chi connectivity index (χ0n) is 18.1. The highest BCUT2D eigenvalue weighted by molar-refractivity contribution is 6.99. The molecule has 160 valence electrons. The molecule has 8 heteroatoms. The molecule has 0 aliphatic carbocycles. The summed E-state index contributed by atoms with van der Waals surface area (Å²) in [5.41, 5.74) is 0.480. The number of halogens is 3. The van der Waals surface area contributed by atoms with Crippen LogP contribution in [0.1, 0.15) is 5.56 Å². The number of alkyl halides is 3. The van der Waals surface area contributed by atoms with Gasteiger partial charge in [0.25, 0.3) is 5.56 Å². The van der Waals surface area contributed by atoms with Gasteiger partial charge in [-0.15, -0.1) is 0 Å². The van der Waals surface area contributed by atoms with E-state index in [4.69, 9.17) is 0 Å². The lowest BCUT2D eigenvalue weighted by atomic mass is 10.1. The summed E-state index contributed by atoms with van der Waals surface area (Å²) >= 11 is 0. The van der Waals surface area contributed by atoms with Crippen LogP contribution in [0.15, 0.2) is 59.4 Å². The van der Waals surface area contributed by atoms with E-state index in [1.54, 1.807) is 30.3 Å². The standard InChI is InChI=1S/C22H27F3N2OSi2/c1-29(2,3)27(30(4,5)6)20-15-21(28)26(17-10-8-7-9-11-17)19-14-16(22(23,24)25)12-13-18(19)20/h7-15H,1-6H3. The van der Waals surface area contributed by atoms with Gasteiger partial charge in [-0.25, -0.2) is 0 Å². The van der Waals surface area contributed by atoms with Crippen molar-refractivity contribution >= 4 is 33.1 Å². The number of hydrogen-bond acceptors (Lipinski definition) is 2. The van der Waals surface area contributed by atoms with Crippen molar-refractivity contribution in [3.8, 4) is 5.69 Å². The summed E-state index contributed by atoms with van der Waals surface area (Å²) < 4.78 is 44.3. The molecule has 0 aliphatic heterocycles. The Balaban J connectivity index is 2.48. The number of nitrogens with zero attached hydrogens (tertiary/aromatic N) is 2. The lowest BCUT2D eigenvalue weighted by Gasteiger charge is -2.46. The first-order valence-corrected chi connectivity index (χ1v) is 16.7. The quantitative estimate of drug-likeness (QED) is 0.427. The normalized spacial score (nSPS) is 13.0. The van der Waals surface area contributed by atoms with Crippen LogP contribution in [0.2, 0.25) is 39.3 Å². The van der Waals surface area contributed by atoms with Gasteiger partial charge in [0.15, 0.2) is 0 Å². The molecule has 0 radical (unpaired) electrons. The Hall–Kier alpha value is -2.33. The van der Waals surface area contributed by atoms with Gasteiger partial charge < -0.3 is 4.23 Å². The van der Waals surface area contributed by atoms with Crippen LogP contribution in [0.25, 0.3) is 16.6 Å². The van der Waals surface area contributed by atoms with Crippen molar-refractivity contribution in [1.29, 1.82) is 0 Å².